The summed E-state index contributed by atoms with van der Waals surface area (Å²) in [6.07, 6.45) is 0. The fourth-order valence-corrected chi connectivity index (χ4v) is 3.10. The molecular formula is C17H18FN. The maximum Gasteiger partial charge on any atom is 0.123 e. The molecule has 98 valence electrons. The number of fused-ring (bicyclic) bond motifs is 1. The van der Waals surface area contributed by atoms with Gasteiger partial charge in [-0.2, -0.15) is 0 Å². The first-order valence-electron chi connectivity index (χ1n) is 6.67. The second kappa shape index (κ2) is 4.78. The summed E-state index contributed by atoms with van der Waals surface area (Å²) >= 11 is 0. The summed E-state index contributed by atoms with van der Waals surface area (Å²) < 4.78 is 13.1. The number of aryl methyl sites for hydroxylation is 1. The highest BCUT2D eigenvalue weighted by molar-refractivity contribution is 5.44. The van der Waals surface area contributed by atoms with E-state index < -0.39 is 0 Å². The van der Waals surface area contributed by atoms with E-state index in [2.05, 4.69) is 37.1 Å². The highest BCUT2D eigenvalue weighted by Crippen LogP contribution is 2.35. The van der Waals surface area contributed by atoms with Gasteiger partial charge in [0.15, 0.2) is 0 Å². The molecule has 0 spiro atoms. The molecule has 0 amide bonds. The van der Waals surface area contributed by atoms with E-state index >= 15 is 0 Å². The van der Waals surface area contributed by atoms with E-state index in [1.165, 1.54) is 22.3 Å². The number of rotatable bonds is 1. The van der Waals surface area contributed by atoms with E-state index in [0.717, 1.165) is 13.1 Å². The molecule has 0 bridgehead atoms. The fraction of sp³-hybridized carbons (Fsp3) is 0.294. The number of hydrogen-bond acceptors (Lipinski definition) is 1. The highest BCUT2D eigenvalue weighted by atomic mass is 19.1. The van der Waals surface area contributed by atoms with E-state index in [4.69, 9.17) is 0 Å². The van der Waals surface area contributed by atoms with Gasteiger partial charge in [0.25, 0.3) is 0 Å². The van der Waals surface area contributed by atoms with Crippen LogP contribution in [0.1, 0.15) is 28.2 Å². The first-order valence-corrected chi connectivity index (χ1v) is 6.67. The Kier molecular flexibility index (Phi) is 3.11. The Morgan fingerprint density at radius 3 is 2.58 bits per heavy atom. The van der Waals surface area contributed by atoms with Gasteiger partial charge < -0.3 is 4.90 Å². The van der Waals surface area contributed by atoms with E-state index in [-0.39, 0.29) is 5.82 Å². The van der Waals surface area contributed by atoms with Crippen LogP contribution in [0.25, 0.3) is 0 Å². The minimum atomic E-state index is -0.169. The molecule has 2 heteroatoms. The van der Waals surface area contributed by atoms with E-state index in [1.54, 1.807) is 12.1 Å². The summed E-state index contributed by atoms with van der Waals surface area (Å²) in [6, 6.07) is 13.4. The summed E-state index contributed by atoms with van der Waals surface area (Å²) in [4.78, 5) is 2.33. The molecule has 0 unspecified atom stereocenters. The van der Waals surface area contributed by atoms with Gasteiger partial charge in [-0.1, -0.05) is 30.3 Å². The summed E-state index contributed by atoms with van der Waals surface area (Å²) in [5.41, 5.74) is 5.35. The van der Waals surface area contributed by atoms with Crippen molar-refractivity contribution in [2.24, 2.45) is 0 Å². The maximum atomic E-state index is 13.1. The normalized spacial score (nSPS) is 19.2. The van der Waals surface area contributed by atoms with Gasteiger partial charge >= 0.3 is 0 Å². The Hall–Kier alpha value is -1.67. The second-order valence-corrected chi connectivity index (χ2v) is 5.45. The largest absolute Gasteiger partial charge is 0.301 e. The molecule has 1 aliphatic rings. The molecule has 1 aliphatic heterocycles. The average molecular weight is 255 g/mol. The molecule has 19 heavy (non-hydrogen) atoms. The number of benzene rings is 2. The average Bonchev–Trinajstić information content (AvgIpc) is 2.38. The molecule has 1 atom stereocenters. The summed E-state index contributed by atoms with van der Waals surface area (Å²) in [5.74, 6) is 0.175. The molecule has 0 aliphatic carbocycles. The maximum absolute atomic E-state index is 13.1. The third-order valence-corrected chi connectivity index (χ3v) is 3.97. The van der Waals surface area contributed by atoms with Gasteiger partial charge in [0.05, 0.1) is 0 Å². The molecule has 1 nitrogen and oxygen atoms in total. The SMILES string of the molecule is Cc1cccc2c1[C@H](c1ccc(F)cc1)CN(C)C2. The predicted molar refractivity (Wildman–Crippen MR) is 75.8 cm³/mol. The first kappa shape index (κ1) is 12.4. The van der Waals surface area contributed by atoms with Gasteiger partial charge in [-0.25, -0.2) is 4.39 Å². The van der Waals surface area contributed by atoms with Crippen LogP contribution < -0.4 is 0 Å². The predicted octanol–water partition coefficient (Wildman–Crippen LogP) is 3.71. The molecule has 0 saturated carbocycles. The molecule has 2 aromatic carbocycles. The fourth-order valence-electron chi connectivity index (χ4n) is 3.10. The highest BCUT2D eigenvalue weighted by Gasteiger charge is 2.25. The Balaban J connectivity index is 2.10. The zero-order chi connectivity index (χ0) is 13.4. The quantitative estimate of drug-likeness (QED) is 0.751. The summed E-state index contributed by atoms with van der Waals surface area (Å²) in [7, 11) is 2.14. The lowest BCUT2D eigenvalue weighted by Crippen LogP contribution is -2.31. The van der Waals surface area contributed by atoms with Crippen molar-refractivity contribution >= 4 is 0 Å². The van der Waals surface area contributed by atoms with Crippen LogP contribution in [0.4, 0.5) is 4.39 Å². The molecule has 0 radical (unpaired) electrons. The number of nitrogens with zero attached hydrogens (tertiary/aromatic N) is 1. The van der Waals surface area contributed by atoms with E-state index in [1.807, 2.05) is 12.1 Å². The van der Waals surface area contributed by atoms with Crippen LogP contribution in [0.15, 0.2) is 42.5 Å². The minimum Gasteiger partial charge on any atom is -0.301 e. The molecule has 1 heterocycles. The van der Waals surface area contributed by atoms with Gasteiger partial charge in [-0.15, -0.1) is 0 Å². The van der Waals surface area contributed by atoms with Gasteiger partial charge in [0, 0.05) is 19.0 Å². The molecule has 0 N–H and O–H groups in total. The Bertz CT molecular complexity index is 589. The molecule has 0 saturated heterocycles. The topological polar surface area (TPSA) is 3.24 Å². The lowest BCUT2D eigenvalue weighted by Gasteiger charge is -2.33. The second-order valence-electron chi connectivity index (χ2n) is 5.45. The van der Waals surface area contributed by atoms with Crippen molar-refractivity contribution in [2.75, 3.05) is 13.6 Å². The Morgan fingerprint density at radius 2 is 1.84 bits per heavy atom. The number of hydrogen-bond donors (Lipinski definition) is 0. The minimum absolute atomic E-state index is 0.169. The van der Waals surface area contributed by atoms with Gasteiger partial charge in [0.2, 0.25) is 0 Å². The van der Waals surface area contributed by atoms with Crippen molar-refractivity contribution < 1.29 is 4.39 Å². The Morgan fingerprint density at radius 1 is 1.11 bits per heavy atom. The van der Waals surface area contributed by atoms with Crippen LogP contribution in [0.2, 0.25) is 0 Å². The number of halogens is 1. The van der Waals surface area contributed by atoms with Crippen molar-refractivity contribution in [2.45, 2.75) is 19.4 Å². The molecule has 0 fully saturated rings. The van der Waals surface area contributed by atoms with Crippen LogP contribution >= 0.6 is 0 Å². The van der Waals surface area contributed by atoms with Crippen molar-refractivity contribution in [3.63, 3.8) is 0 Å². The lowest BCUT2D eigenvalue weighted by molar-refractivity contribution is 0.294. The van der Waals surface area contributed by atoms with E-state index in [0.29, 0.717) is 5.92 Å². The summed E-state index contributed by atoms with van der Waals surface area (Å²) in [6.45, 7) is 4.15. The van der Waals surface area contributed by atoms with Crippen LogP contribution in [0.5, 0.6) is 0 Å². The van der Waals surface area contributed by atoms with Gasteiger partial charge in [-0.05, 0) is 48.4 Å². The van der Waals surface area contributed by atoms with Crippen molar-refractivity contribution in [3.05, 3.63) is 70.5 Å². The van der Waals surface area contributed by atoms with Crippen molar-refractivity contribution in [3.8, 4) is 0 Å². The molecule has 2 aromatic rings. The van der Waals surface area contributed by atoms with Crippen molar-refractivity contribution in [1.29, 1.82) is 0 Å². The van der Waals surface area contributed by atoms with Crippen LogP contribution in [-0.4, -0.2) is 18.5 Å². The zero-order valence-corrected chi connectivity index (χ0v) is 11.4. The van der Waals surface area contributed by atoms with Gasteiger partial charge in [-0.3, -0.25) is 0 Å². The smallest absolute Gasteiger partial charge is 0.123 e. The monoisotopic (exact) mass is 255 g/mol. The van der Waals surface area contributed by atoms with Crippen LogP contribution in [0, 0.1) is 12.7 Å². The van der Waals surface area contributed by atoms with Gasteiger partial charge in [0.1, 0.15) is 5.82 Å². The van der Waals surface area contributed by atoms with Crippen LogP contribution in [0.3, 0.4) is 0 Å². The Labute approximate surface area is 113 Å². The van der Waals surface area contributed by atoms with E-state index in [9.17, 15) is 4.39 Å². The molecular weight excluding hydrogens is 237 g/mol. The summed E-state index contributed by atoms with van der Waals surface area (Å²) in [5, 5.41) is 0. The molecule has 0 aromatic heterocycles. The third-order valence-electron chi connectivity index (χ3n) is 3.97. The zero-order valence-electron chi connectivity index (χ0n) is 11.4. The van der Waals surface area contributed by atoms with Crippen LogP contribution in [-0.2, 0) is 6.54 Å². The first-order chi connectivity index (χ1) is 9.15. The lowest BCUT2D eigenvalue weighted by atomic mass is 9.82. The molecule has 3 rings (SSSR count). The standard InChI is InChI=1S/C17H18FN/c1-12-4-3-5-14-10-19(2)11-16(17(12)14)13-6-8-15(18)9-7-13/h3-9,16H,10-11H2,1-2H3/t16-/m0/s1. The third kappa shape index (κ3) is 2.28. The number of likely N-dealkylation sites (N-methyl/N-ethyl adjacent to an activating group) is 1. The van der Waals surface area contributed by atoms with Crippen molar-refractivity contribution in [1.82, 2.24) is 4.90 Å².